The SMILES string of the molecule is O=C(c1ccccc1)N1CCC(C(=O)O)(c2ccccc2)CC1. The Morgan fingerprint density at radius 2 is 1.39 bits per heavy atom. The molecule has 4 heteroatoms. The van der Waals surface area contributed by atoms with Gasteiger partial charge < -0.3 is 10.0 Å². The molecule has 0 aromatic heterocycles. The monoisotopic (exact) mass is 309 g/mol. The van der Waals surface area contributed by atoms with Gasteiger partial charge in [0.1, 0.15) is 0 Å². The van der Waals surface area contributed by atoms with E-state index in [4.69, 9.17) is 0 Å². The lowest BCUT2D eigenvalue weighted by Gasteiger charge is -2.39. The van der Waals surface area contributed by atoms with E-state index in [1.165, 1.54) is 0 Å². The maximum absolute atomic E-state index is 12.5. The van der Waals surface area contributed by atoms with Crippen LogP contribution in [0.15, 0.2) is 60.7 Å². The molecule has 1 saturated heterocycles. The predicted octanol–water partition coefficient (Wildman–Crippen LogP) is 2.95. The van der Waals surface area contributed by atoms with Crippen LogP contribution in [-0.2, 0) is 10.2 Å². The van der Waals surface area contributed by atoms with E-state index in [-0.39, 0.29) is 5.91 Å². The highest BCUT2D eigenvalue weighted by molar-refractivity contribution is 5.94. The van der Waals surface area contributed by atoms with Crippen molar-refractivity contribution in [3.8, 4) is 0 Å². The Morgan fingerprint density at radius 1 is 0.870 bits per heavy atom. The minimum Gasteiger partial charge on any atom is -0.481 e. The molecule has 1 amide bonds. The molecule has 1 fully saturated rings. The van der Waals surface area contributed by atoms with E-state index >= 15 is 0 Å². The summed E-state index contributed by atoms with van der Waals surface area (Å²) in [5, 5.41) is 9.78. The number of benzene rings is 2. The van der Waals surface area contributed by atoms with E-state index in [0.29, 0.717) is 31.5 Å². The summed E-state index contributed by atoms with van der Waals surface area (Å²) < 4.78 is 0. The first-order valence-electron chi connectivity index (χ1n) is 7.77. The number of piperidine rings is 1. The fraction of sp³-hybridized carbons (Fsp3) is 0.263. The summed E-state index contributed by atoms with van der Waals surface area (Å²) in [4.78, 5) is 26.2. The highest BCUT2D eigenvalue weighted by Gasteiger charge is 2.43. The molecule has 0 atom stereocenters. The van der Waals surface area contributed by atoms with Crippen LogP contribution in [0.5, 0.6) is 0 Å². The average molecular weight is 309 g/mol. The number of carboxylic acid groups (broad SMARTS) is 1. The predicted molar refractivity (Wildman–Crippen MR) is 87.3 cm³/mol. The first kappa shape index (κ1) is 15.3. The highest BCUT2D eigenvalue weighted by atomic mass is 16.4. The van der Waals surface area contributed by atoms with Gasteiger partial charge in [0.15, 0.2) is 0 Å². The molecular formula is C19H19NO3. The largest absolute Gasteiger partial charge is 0.481 e. The summed E-state index contributed by atoms with van der Waals surface area (Å²) in [5.41, 5.74) is 0.573. The van der Waals surface area contributed by atoms with Gasteiger partial charge in [-0.05, 0) is 30.5 Å². The third kappa shape index (κ3) is 2.84. The van der Waals surface area contributed by atoms with E-state index < -0.39 is 11.4 Å². The fourth-order valence-corrected chi connectivity index (χ4v) is 3.24. The first-order chi connectivity index (χ1) is 11.1. The topological polar surface area (TPSA) is 57.6 Å². The lowest BCUT2D eigenvalue weighted by atomic mass is 9.73. The van der Waals surface area contributed by atoms with Crippen LogP contribution in [-0.4, -0.2) is 35.0 Å². The molecule has 0 radical (unpaired) electrons. The number of likely N-dealkylation sites (tertiary alicyclic amines) is 1. The smallest absolute Gasteiger partial charge is 0.314 e. The van der Waals surface area contributed by atoms with Crippen molar-refractivity contribution in [3.05, 3.63) is 71.8 Å². The van der Waals surface area contributed by atoms with Crippen molar-refractivity contribution >= 4 is 11.9 Å². The molecule has 1 N–H and O–H groups in total. The van der Waals surface area contributed by atoms with Gasteiger partial charge in [-0.25, -0.2) is 0 Å². The molecule has 0 saturated carbocycles. The molecule has 4 nitrogen and oxygen atoms in total. The number of rotatable bonds is 3. The zero-order valence-corrected chi connectivity index (χ0v) is 12.8. The molecule has 0 bridgehead atoms. The molecule has 118 valence electrons. The molecule has 0 spiro atoms. The molecule has 23 heavy (non-hydrogen) atoms. The lowest BCUT2D eigenvalue weighted by Crippen LogP contribution is -2.49. The Kier molecular flexibility index (Phi) is 4.15. The maximum Gasteiger partial charge on any atom is 0.314 e. The summed E-state index contributed by atoms with van der Waals surface area (Å²) in [7, 11) is 0. The van der Waals surface area contributed by atoms with Crippen LogP contribution in [0.4, 0.5) is 0 Å². The van der Waals surface area contributed by atoms with E-state index in [1.54, 1.807) is 17.0 Å². The molecule has 0 aliphatic carbocycles. The van der Waals surface area contributed by atoms with Crippen molar-refractivity contribution in [1.82, 2.24) is 4.90 Å². The molecular weight excluding hydrogens is 290 g/mol. The third-order valence-electron chi connectivity index (χ3n) is 4.66. The van der Waals surface area contributed by atoms with Crippen LogP contribution < -0.4 is 0 Å². The van der Waals surface area contributed by atoms with Crippen molar-refractivity contribution in [2.24, 2.45) is 0 Å². The molecule has 2 aromatic rings. The summed E-state index contributed by atoms with van der Waals surface area (Å²) in [6.07, 6.45) is 0.871. The molecule has 3 rings (SSSR count). The Labute approximate surface area is 135 Å². The molecule has 1 heterocycles. The summed E-state index contributed by atoms with van der Waals surface area (Å²) in [5.74, 6) is -0.840. The quantitative estimate of drug-likeness (QED) is 0.948. The number of aliphatic carboxylic acids is 1. The zero-order valence-electron chi connectivity index (χ0n) is 12.8. The molecule has 1 aliphatic rings. The first-order valence-corrected chi connectivity index (χ1v) is 7.77. The Balaban J connectivity index is 1.79. The van der Waals surface area contributed by atoms with E-state index in [2.05, 4.69) is 0 Å². The van der Waals surface area contributed by atoms with Crippen molar-refractivity contribution in [2.45, 2.75) is 18.3 Å². The molecule has 0 unspecified atom stereocenters. The minimum atomic E-state index is -0.894. The van der Waals surface area contributed by atoms with Gasteiger partial charge in [-0.2, -0.15) is 0 Å². The van der Waals surface area contributed by atoms with Gasteiger partial charge in [0, 0.05) is 18.7 Å². The number of carbonyl (C=O) groups is 2. The van der Waals surface area contributed by atoms with Crippen molar-refractivity contribution in [3.63, 3.8) is 0 Å². The van der Waals surface area contributed by atoms with Crippen LogP contribution in [0.3, 0.4) is 0 Å². The maximum atomic E-state index is 12.5. The van der Waals surface area contributed by atoms with E-state index in [0.717, 1.165) is 5.56 Å². The van der Waals surface area contributed by atoms with Crippen LogP contribution in [0.1, 0.15) is 28.8 Å². The van der Waals surface area contributed by atoms with Crippen LogP contribution in [0.25, 0.3) is 0 Å². The van der Waals surface area contributed by atoms with Gasteiger partial charge in [-0.1, -0.05) is 48.5 Å². The van der Waals surface area contributed by atoms with Crippen molar-refractivity contribution in [1.29, 1.82) is 0 Å². The number of hydrogen-bond donors (Lipinski definition) is 1. The second-order valence-corrected chi connectivity index (χ2v) is 5.91. The van der Waals surface area contributed by atoms with E-state index in [9.17, 15) is 14.7 Å². The Morgan fingerprint density at radius 3 is 1.91 bits per heavy atom. The standard InChI is InChI=1S/C19H19NO3/c21-17(15-7-3-1-4-8-15)20-13-11-19(12-14-20,18(22)23)16-9-5-2-6-10-16/h1-10H,11-14H2,(H,22,23). The number of hydrogen-bond acceptors (Lipinski definition) is 2. The number of carboxylic acids is 1. The van der Waals surface area contributed by atoms with Crippen LogP contribution >= 0.6 is 0 Å². The van der Waals surface area contributed by atoms with Crippen LogP contribution in [0.2, 0.25) is 0 Å². The van der Waals surface area contributed by atoms with Gasteiger partial charge in [-0.3, -0.25) is 9.59 Å². The van der Waals surface area contributed by atoms with Gasteiger partial charge in [-0.15, -0.1) is 0 Å². The molecule has 2 aromatic carbocycles. The van der Waals surface area contributed by atoms with Gasteiger partial charge in [0.2, 0.25) is 0 Å². The van der Waals surface area contributed by atoms with Gasteiger partial charge in [0.25, 0.3) is 5.91 Å². The third-order valence-corrected chi connectivity index (χ3v) is 4.66. The molecule has 1 aliphatic heterocycles. The fourth-order valence-electron chi connectivity index (χ4n) is 3.24. The summed E-state index contributed by atoms with van der Waals surface area (Å²) >= 11 is 0. The highest BCUT2D eigenvalue weighted by Crippen LogP contribution is 2.36. The average Bonchev–Trinajstić information content (AvgIpc) is 2.62. The van der Waals surface area contributed by atoms with Gasteiger partial charge >= 0.3 is 5.97 Å². The zero-order chi connectivity index (χ0) is 16.3. The summed E-state index contributed by atoms with van der Waals surface area (Å²) in [6, 6.07) is 18.5. The number of carbonyl (C=O) groups excluding carboxylic acids is 1. The normalized spacial score (nSPS) is 16.8. The van der Waals surface area contributed by atoms with E-state index in [1.807, 2.05) is 48.5 Å². The Bertz CT molecular complexity index is 689. The van der Waals surface area contributed by atoms with Crippen molar-refractivity contribution < 1.29 is 14.7 Å². The van der Waals surface area contributed by atoms with Crippen molar-refractivity contribution in [2.75, 3.05) is 13.1 Å². The Hall–Kier alpha value is -2.62. The second-order valence-electron chi connectivity index (χ2n) is 5.91. The van der Waals surface area contributed by atoms with Gasteiger partial charge in [0.05, 0.1) is 5.41 Å². The number of amides is 1. The van der Waals surface area contributed by atoms with Crippen LogP contribution in [0, 0.1) is 0 Å². The summed E-state index contributed by atoms with van der Waals surface area (Å²) in [6.45, 7) is 0.907. The lowest BCUT2D eigenvalue weighted by molar-refractivity contribution is -0.145. The minimum absolute atomic E-state index is 0.0300. The number of nitrogens with zero attached hydrogens (tertiary/aromatic N) is 1. The second kappa shape index (κ2) is 6.24.